The predicted octanol–water partition coefficient (Wildman–Crippen LogP) is 5.12. The fourth-order valence-corrected chi connectivity index (χ4v) is 4.07. The Labute approximate surface area is 148 Å². The molecular formula is C18H14ClN3OS. The van der Waals surface area contributed by atoms with E-state index in [0.717, 1.165) is 27.7 Å². The molecule has 2 aromatic carbocycles. The minimum absolute atomic E-state index is 0.0424. The first-order chi connectivity index (χ1) is 11.6. The summed E-state index contributed by atoms with van der Waals surface area (Å²) in [7, 11) is 0. The van der Waals surface area contributed by atoms with E-state index in [1.807, 2.05) is 49.5 Å². The van der Waals surface area contributed by atoms with Crippen molar-refractivity contribution in [1.82, 2.24) is 9.78 Å². The van der Waals surface area contributed by atoms with Gasteiger partial charge in [-0.25, -0.2) is 9.67 Å². The Morgan fingerprint density at radius 3 is 2.79 bits per heavy atom. The molecule has 0 aliphatic carbocycles. The molecule has 1 aliphatic heterocycles. The number of para-hydroxylation sites is 1. The molecule has 4 rings (SSSR count). The van der Waals surface area contributed by atoms with Gasteiger partial charge in [-0.15, -0.1) is 0 Å². The van der Waals surface area contributed by atoms with E-state index in [-0.39, 0.29) is 11.0 Å². The van der Waals surface area contributed by atoms with Crippen LogP contribution in [0.1, 0.15) is 23.3 Å². The van der Waals surface area contributed by atoms with Gasteiger partial charge in [-0.1, -0.05) is 47.6 Å². The van der Waals surface area contributed by atoms with Gasteiger partial charge in [-0.05, 0) is 36.8 Å². The fraction of sp³-hybridized carbons (Fsp3) is 0.111. The van der Waals surface area contributed by atoms with E-state index in [9.17, 15) is 5.11 Å². The first-order valence-corrected chi connectivity index (χ1v) is 8.73. The van der Waals surface area contributed by atoms with Gasteiger partial charge in [-0.2, -0.15) is 5.10 Å². The SMILES string of the molecule is CC1=Nc2c(cnn2-c2ccccc2Cl)[C@@H](c2cccc(O)c2)S1. The predicted molar refractivity (Wildman–Crippen MR) is 98.9 cm³/mol. The monoisotopic (exact) mass is 355 g/mol. The van der Waals surface area contributed by atoms with Crippen molar-refractivity contribution >= 4 is 34.2 Å². The number of hydrogen-bond donors (Lipinski definition) is 1. The molecular weight excluding hydrogens is 342 g/mol. The lowest BCUT2D eigenvalue weighted by Crippen LogP contribution is -2.06. The lowest BCUT2D eigenvalue weighted by molar-refractivity contribution is 0.474. The number of aliphatic imine (C=N–C) groups is 1. The quantitative estimate of drug-likeness (QED) is 0.694. The molecule has 0 fully saturated rings. The fourth-order valence-electron chi connectivity index (χ4n) is 2.80. The summed E-state index contributed by atoms with van der Waals surface area (Å²) in [4.78, 5) is 4.68. The molecule has 0 spiro atoms. The van der Waals surface area contributed by atoms with Gasteiger partial charge in [0.05, 0.1) is 27.2 Å². The number of halogens is 1. The van der Waals surface area contributed by atoms with Crippen LogP contribution in [0.15, 0.2) is 59.7 Å². The zero-order valence-corrected chi connectivity index (χ0v) is 14.4. The van der Waals surface area contributed by atoms with Crippen LogP contribution in [-0.2, 0) is 0 Å². The minimum Gasteiger partial charge on any atom is -0.508 e. The first-order valence-electron chi connectivity index (χ1n) is 7.47. The Hall–Kier alpha value is -2.24. The van der Waals surface area contributed by atoms with E-state index in [4.69, 9.17) is 11.6 Å². The zero-order valence-electron chi connectivity index (χ0n) is 12.8. The maximum Gasteiger partial charge on any atom is 0.161 e. The number of rotatable bonds is 2. The van der Waals surface area contributed by atoms with E-state index in [1.165, 1.54) is 0 Å². The molecule has 0 amide bonds. The number of fused-ring (bicyclic) bond motifs is 1. The zero-order chi connectivity index (χ0) is 16.7. The van der Waals surface area contributed by atoms with Crippen LogP contribution >= 0.6 is 23.4 Å². The van der Waals surface area contributed by atoms with Gasteiger partial charge in [0.25, 0.3) is 0 Å². The molecule has 1 atom stereocenters. The molecule has 0 saturated heterocycles. The van der Waals surface area contributed by atoms with Crippen molar-refractivity contribution in [2.75, 3.05) is 0 Å². The number of nitrogens with zero attached hydrogens (tertiary/aromatic N) is 3. The highest BCUT2D eigenvalue weighted by molar-refractivity contribution is 8.14. The number of hydrogen-bond acceptors (Lipinski definition) is 4. The summed E-state index contributed by atoms with van der Waals surface area (Å²) >= 11 is 7.98. The normalized spacial score (nSPS) is 16.6. The molecule has 1 aliphatic rings. The third-order valence-corrected chi connectivity index (χ3v) is 5.37. The summed E-state index contributed by atoms with van der Waals surface area (Å²) in [6.45, 7) is 1.98. The minimum atomic E-state index is 0.0424. The Kier molecular flexibility index (Phi) is 3.82. The van der Waals surface area contributed by atoms with Crippen LogP contribution in [0, 0.1) is 0 Å². The number of thioether (sulfide) groups is 1. The molecule has 0 radical (unpaired) electrons. The van der Waals surface area contributed by atoms with Crippen LogP contribution in [0.4, 0.5) is 5.82 Å². The van der Waals surface area contributed by atoms with Gasteiger partial charge in [0.1, 0.15) is 5.75 Å². The highest BCUT2D eigenvalue weighted by Crippen LogP contribution is 2.46. The standard InChI is InChI=1S/C18H14ClN3OS/c1-11-21-18-14(17(24-11)12-5-4-6-13(23)9-12)10-20-22(18)16-8-3-2-7-15(16)19/h2-10,17,23H,1H3/t17-/m1/s1. The Morgan fingerprint density at radius 1 is 1.17 bits per heavy atom. The van der Waals surface area contributed by atoms with E-state index >= 15 is 0 Å². The molecule has 24 heavy (non-hydrogen) atoms. The van der Waals surface area contributed by atoms with E-state index < -0.39 is 0 Å². The third kappa shape index (κ3) is 2.60. The van der Waals surface area contributed by atoms with Crippen molar-refractivity contribution in [2.24, 2.45) is 4.99 Å². The van der Waals surface area contributed by atoms with Crippen LogP contribution in [0.5, 0.6) is 5.75 Å². The largest absolute Gasteiger partial charge is 0.508 e. The molecule has 0 bridgehead atoms. The van der Waals surface area contributed by atoms with E-state index in [1.54, 1.807) is 28.6 Å². The highest BCUT2D eigenvalue weighted by atomic mass is 35.5. The second kappa shape index (κ2) is 6.00. The molecule has 1 aromatic heterocycles. The van der Waals surface area contributed by atoms with Crippen LogP contribution in [0.25, 0.3) is 5.69 Å². The summed E-state index contributed by atoms with van der Waals surface area (Å²) in [5, 5.41) is 15.9. The second-order valence-corrected chi connectivity index (χ2v) is 7.22. The van der Waals surface area contributed by atoms with Crippen molar-refractivity contribution in [3.8, 4) is 11.4 Å². The second-order valence-electron chi connectivity index (χ2n) is 5.51. The average Bonchev–Trinajstić information content (AvgIpc) is 2.98. The van der Waals surface area contributed by atoms with Gasteiger partial charge in [0.2, 0.25) is 0 Å². The maximum absolute atomic E-state index is 9.80. The summed E-state index contributed by atoms with van der Waals surface area (Å²) in [5.41, 5.74) is 2.84. The number of phenolic OH excluding ortho intramolecular Hbond substituents is 1. The average molecular weight is 356 g/mol. The van der Waals surface area contributed by atoms with Crippen molar-refractivity contribution in [3.05, 3.63) is 70.9 Å². The van der Waals surface area contributed by atoms with Gasteiger partial charge in [-0.3, -0.25) is 0 Å². The summed E-state index contributed by atoms with van der Waals surface area (Å²) in [6, 6.07) is 14.9. The van der Waals surface area contributed by atoms with Crippen LogP contribution in [-0.4, -0.2) is 19.9 Å². The van der Waals surface area contributed by atoms with Gasteiger partial charge in [0, 0.05) is 5.56 Å². The van der Waals surface area contributed by atoms with Gasteiger partial charge in [0.15, 0.2) is 5.82 Å². The van der Waals surface area contributed by atoms with Crippen molar-refractivity contribution < 1.29 is 5.11 Å². The number of phenols is 1. The molecule has 0 unspecified atom stereocenters. The number of aromatic hydroxyl groups is 1. The number of aromatic nitrogens is 2. The van der Waals surface area contributed by atoms with E-state index in [0.29, 0.717) is 5.02 Å². The lowest BCUT2D eigenvalue weighted by Gasteiger charge is -2.21. The summed E-state index contributed by atoms with van der Waals surface area (Å²) < 4.78 is 1.77. The number of benzene rings is 2. The molecule has 4 nitrogen and oxygen atoms in total. The highest BCUT2D eigenvalue weighted by Gasteiger charge is 2.28. The summed E-state index contributed by atoms with van der Waals surface area (Å²) in [6.07, 6.45) is 1.83. The van der Waals surface area contributed by atoms with Crippen LogP contribution in [0.2, 0.25) is 5.02 Å². The molecule has 0 saturated carbocycles. The van der Waals surface area contributed by atoms with Gasteiger partial charge >= 0.3 is 0 Å². The molecule has 120 valence electrons. The molecule has 1 N–H and O–H groups in total. The Morgan fingerprint density at radius 2 is 2.00 bits per heavy atom. The third-order valence-electron chi connectivity index (χ3n) is 3.86. The Bertz CT molecular complexity index is 951. The van der Waals surface area contributed by atoms with Crippen molar-refractivity contribution in [1.29, 1.82) is 0 Å². The Balaban J connectivity index is 1.87. The van der Waals surface area contributed by atoms with Crippen LogP contribution in [0.3, 0.4) is 0 Å². The molecule has 6 heteroatoms. The maximum atomic E-state index is 9.80. The van der Waals surface area contributed by atoms with Crippen LogP contribution < -0.4 is 0 Å². The first kappa shape index (κ1) is 15.3. The smallest absolute Gasteiger partial charge is 0.161 e. The van der Waals surface area contributed by atoms with Gasteiger partial charge < -0.3 is 5.11 Å². The topological polar surface area (TPSA) is 50.4 Å². The molecule has 2 heterocycles. The van der Waals surface area contributed by atoms with Crippen molar-refractivity contribution in [3.63, 3.8) is 0 Å². The lowest BCUT2D eigenvalue weighted by atomic mass is 10.1. The molecule has 3 aromatic rings. The summed E-state index contributed by atoms with van der Waals surface area (Å²) in [5.74, 6) is 1.04. The van der Waals surface area contributed by atoms with E-state index in [2.05, 4.69) is 10.1 Å². The van der Waals surface area contributed by atoms with Crippen molar-refractivity contribution in [2.45, 2.75) is 12.2 Å².